The molecule has 0 spiro atoms. The molecule has 0 aliphatic heterocycles. The van der Waals surface area contributed by atoms with Crippen molar-refractivity contribution >= 4 is 34.0 Å². The van der Waals surface area contributed by atoms with E-state index in [4.69, 9.17) is 22.1 Å². The van der Waals surface area contributed by atoms with Crippen molar-refractivity contribution in [2.75, 3.05) is 18.5 Å². The van der Waals surface area contributed by atoms with Crippen molar-refractivity contribution in [3.8, 4) is 11.5 Å². The lowest BCUT2D eigenvalue weighted by Crippen LogP contribution is -2.16. The van der Waals surface area contributed by atoms with Gasteiger partial charge in [0.15, 0.2) is 0 Å². The number of nitrogens with one attached hydrogen (secondary N) is 1. The fourth-order valence-electron chi connectivity index (χ4n) is 2.49. The summed E-state index contributed by atoms with van der Waals surface area (Å²) in [7, 11) is 0. The van der Waals surface area contributed by atoms with Gasteiger partial charge in [0, 0.05) is 17.6 Å². The van der Waals surface area contributed by atoms with Crippen molar-refractivity contribution in [3.63, 3.8) is 0 Å². The van der Waals surface area contributed by atoms with Crippen LogP contribution in [0.3, 0.4) is 0 Å². The molecule has 0 fully saturated rings. The number of fused-ring (bicyclic) bond motifs is 1. The van der Waals surface area contributed by atoms with Crippen molar-refractivity contribution in [3.05, 3.63) is 65.2 Å². The Kier molecular flexibility index (Phi) is 5.07. The fourth-order valence-corrected chi connectivity index (χ4v) is 2.65. The molecule has 0 aliphatic carbocycles. The third-order valence-corrected chi connectivity index (χ3v) is 3.91. The number of carbonyl (C=O) groups excluding carboxylic acids is 1. The minimum atomic E-state index is -0.393. The first-order valence-electron chi connectivity index (χ1n) is 7.74. The van der Waals surface area contributed by atoms with Crippen LogP contribution in [0.2, 0.25) is 5.02 Å². The largest absolute Gasteiger partial charge is 0.506 e. The fraction of sp³-hybridized carbons (Fsp3) is 0.105. The van der Waals surface area contributed by atoms with Crippen LogP contribution in [0.15, 0.2) is 54.6 Å². The van der Waals surface area contributed by atoms with E-state index in [9.17, 15) is 9.90 Å². The number of carbonyl (C=O) groups is 1. The Morgan fingerprint density at radius 1 is 1.12 bits per heavy atom. The van der Waals surface area contributed by atoms with Crippen LogP contribution in [-0.2, 0) is 0 Å². The molecule has 0 bridgehead atoms. The monoisotopic (exact) mass is 356 g/mol. The molecule has 0 aromatic heterocycles. The third-order valence-electron chi connectivity index (χ3n) is 3.68. The van der Waals surface area contributed by atoms with E-state index in [-0.39, 0.29) is 11.4 Å². The minimum Gasteiger partial charge on any atom is -0.506 e. The van der Waals surface area contributed by atoms with Gasteiger partial charge in [-0.1, -0.05) is 35.9 Å². The molecule has 0 radical (unpaired) electrons. The first-order valence-corrected chi connectivity index (χ1v) is 8.12. The van der Waals surface area contributed by atoms with E-state index in [1.165, 1.54) is 12.1 Å². The second kappa shape index (κ2) is 7.42. The Morgan fingerprint density at radius 3 is 2.52 bits per heavy atom. The second-order valence-electron chi connectivity index (χ2n) is 5.45. The van der Waals surface area contributed by atoms with Gasteiger partial charge in [0.05, 0.1) is 11.3 Å². The Labute approximate surface area is 150 Å². The number of aromatic hydroxyl groups is 1. The molecule has 25 heavy (non-hydrogen) atoms. The zero-order valence-corrected chi connectivity index (χ0v) is 14.1. The molecule has 6 heteroatoms. The number of ether oxygens (including phenoxy) is 1. The molecule has 4 N–H and O–H groups in total. The van der Waals surface area contributed by atoms with Crippen molar-refractivity contribution in [2.45, 2.75) is 0 Å². The van der Waals surface area contributed by atoms with Crippen LogP contribution in [0.25, 0.3) is 10.8 Å². The summed E-state index contributed by atoms with van der Waals surface area (Å²) in [6.45, 7) is 0.636. The highest BCUT2D eigenvalue weighted by Gasteiger charge is 2.16. The number of anilines is 1. The predicted octanol–water partition coefficient (Wildman–Crippen LogP) is 3.79. The molecular weight excluding hydrogens is 340 g/mol. The van der Waals surface area contributed by atoms with E-state index in [1.54, 1.807) is 12.1 Å². The smallest absolute Gasteiger partial charge is 0.259 e. The van der Waals surface area contributed by atoms with Gasteiger partial charge in [0.1, 0.15) is 18.1 Å². The SMILES string of the molecule is NCCOc1cc2ccccc2cc1C(=O)Nc1ccc(Cl)cc1O. The summed E-state index contributed by atoms with van der Waals surface area (Å²) in [4.78, 5) is 12.7. The van der Waals surface area contributed by atoms with Gasteiger partial charge in [-0.15, -0.1) is 0 Å². The molecule has 0 saturated carbocycles. The average Bonchev–Trinajstić information content (AvgIpc) is 2.61. The Morgan fingerprint density at radius 2 is 1.84 bits per heavy atom. The topological polar surface area (TPSA) is 84.6 Å². The van der Waals surface area contributed by atoms with E-state index in [2.05, 4.69) is 5.32 Å². The van der Waals surface area contributed by atoms with E-state index < -0.39 is 5.91 Å². The number of benzene rings is 3. The van der Waals surface area contributed by atoms with Crippen LogP contribution in [-0.4, -0.2) is 24.2 Å². The van der Waals surface area contributed by atoms with Crippen molar-refractivity contribution < 1.29 is 14.6 Å². The van der Waals surface area contributed by atoms with Crippen LogP contribution in [0.4, 0.5) is 5.69 Å². The summed E-state index contributed by atoms with van der Waals surface area (Å²) in [6, 6.07) is 15.7. The number of halogens is 1. The van der Waals surface area contributed by atoms with Crippen LogP contribution in [0.5, 0.6) is 11.5 Å². The summed E-state index contributed by atoms with van der Waals surface area (Å²) in [5.41, 5.74) is 6.13. The minimum absolute atomic E-state index is 0.105. The first-order chi connectivity index (χ1) is 12.1. The summed E-state index contributed by atoms with van der Waals surface area (Å²) in [5.74, 6) is -0.0587. The normalized spacial score (nSPS) is 10.6. The molecule has 128 valence electrons. The molecule has 3 aromatic rings. The maximum absolute atomic E-state index is 12.7. The number of nitrogens with two attached hydrogens (primary N) is 1. The van der Waals surface area contributed by atoms with Crippen molar-refractivity contribution in [2.24, 2.45) is 5.73 Å². The van der Waals surface area contributed by atoms with Gasteiger partial charge in [-0.2, -0.15) is 0 Å². The van der Waals surface area contributed by atoms with Gasteiger partial charge in [0.25, 0.3) is 5.91 Å². The molecule has 0 aliphatic rings. The standard InChI is InChI=1S/C19H17ClN2O3/c20-14-5-6-16(17(23)11-14)22-19(24)15-9-12-3-1-2-4-13(12)10-18(15)25-8-7-21/h1-6,9-11,23H,7-8,21H2,(H,22,24). The zero-order valence-electron chi connectivity index (χ0n) is 13.3. The van der Waals surface area contributed by atoms with Crippen LogP contribution in [0, 0.1) is 0 Å². The van der Waals surface area contributed by atoms with Gasteiger partial charge >= 0.3 is 0 Å². The van der Waals surface area contributed by atoms with Crippen LogP contribution < -0.4 is 15.8 Å². The number of phenolic OH excluding ortho intramolecular Hbond substituents is 1. The number of phenols is 1. The maximum atomic E-state index is 12.7. The highest BCUT2D eigenvalue weighted by molar-refractivity contribution is 6.30. The zero-order chi connectivity index (χ0) is 17.8. The van der Waals surface area contributed by atoms with E-state index in [1.807, 2.05) is 30.3 Å². The Balaban J connectivity index is 1.98. The maximum Gasteiger partial charge on any atom is 0.259 e. The molecule has 0 atom stereocenters. The highest BCUT2D eigenvalue weighted by Crippen LogP contribution is 2.30. The Bertz CT molecular complexity index is 928. The van der Waals surface area contributed by atoms with E-state index in [0.717, 1.165) is 10.8 Å². The van der Waals surface area contributed by atoms with Gasteiger partial charge in [-0.3, -0.25) is 4.79 Å². The molecular formula is C19H17ClN2O3. The summed E-state index contributed by atoms with van der Waals surface area (Å²) < 4.78 is 5.63. The van der Waals surface area contributed by atoms with Crippen molar-refractivity contribution in [1.82, 2.24) is 0 Å². The summed E-state index contributed by atoms with van der Waals surface area (Å²) in [5, 5.41) is 14.9. The lowest BCUT2D eigenvalue weighted by molar-refractivity contribution is 0.102. The number of rotatable bonds is 5. The first kappa shape index (κ1) is 17.1. The second-order valence-corrected chi connectivity index (χ2v) is 5.88. The predicted molar refractivity (Wildman–Crippen MR) is 99.6 cm³/mol. The highest BCUT2D eigenvalue weighted by atomic mass is 35.5. The van der Waals surface area contributed by atoms with E-state index >= 15 is 0 Å². The van der Waals surface area contributed by atoms with Gasteiger partial charge < -0.3 is 20.9 Å². The molecule has 0 heterocycles. The quantitative estimate of drug-likeness (QED) is 0.607. The van der Waals surface area contributed by atoms with Gasteiger partial charge in [-0.05, 0) is 35.0 Å². The molecule has 5 nitrogen and oxygen atoms in total. The van der Waals surface area contributed by atoms with Gasteiger partial charge in [-0.25, -0.2) is 0 Å². The number of hydrogen-bond donors (Lipinski definition) is 3. The lowest BCUT2D eigenvalue weighted by Gasteiger charge is -2.13. The van der Waals surface area contributed by atoms with Gasteiger partial charge in [0.2, 0.25) is 0 Å². The average molecular weight is 357 g/mol. The summed E-state index contributed by atoms with van der Waals surface area (Å²) in [6.07, 6.45) is 0. The third kappa shape index (κ3) is 3.84. The van der Waals surface area contributed by atoms with Crippen molar-refractivity contribution in [1.29, 1.82) is 0 Å². The van der Waals surface area contributed by atoms with Crippen LogP contribution >= 0.6 is 11.6 Å². The molecule has 1 amide bonds. The summed E-state index contributed by atoms with van der Waals surface area (Å²) >= 11 is 5.81. The van der Waals surface area contributed by atoms with Crippen LogP contribution in [0.1, 0.15) is 10.4 Å². The van der Waals surface area contributed by atoms with E-state index in [0.29, 0.717) is 29.5 Å². The Hall–Kier alpha value is -2.76. The number of amides is 1. The molecule has 0 unspecified atom stereocenters. The molecule has 3 aromatic carbocycles. The number of hydrogen-bond acceptors (Lipinski definition) is 4. The lowest BCUT2D eigenvalue weighted by atomic mass is 10.1. The molecule has 3 rings (SSSR count). The molecule has 0 saturated heterocycles.